The molecule has 21 heavy (non-hydrogen) atoms. The van der Waals surface area contributed by atoms with E-state index in [1.165, 1.54) is 31.5 Å². The van der Waals surface area contributed by atoms with Gasteiger partial charge in [-0.25, -0.2) is 0 Å². The van der Waals surface area contributed by atoms with Crippen molar-refractivity contribution >= 4 is 0 Å². The van der Waals surface area contributed by atoms with Crippen LogP contribution in [-0.2, 0) is 13.6 Å². The third-order valence-electron chi connectivity index (χ3n) is 4.08. The van der Waals surface area contributed by atoms with Crippen LogP contribution >= 0.6 is 0 Å². The van der Waals surface area contributed by atoms with Gasteiger partial charge in [-0.05, 0) is 32.0 Å². The van der Waals surface area contributed by atoms with E-state index in [0.29, 0.717) is 6.04 Å². The molecule has 0 radical (unpaired) electrons. The van der Waals surface area contributed by atoms with Gasteiger partial charge in [-0.2, -0.15) is 10.2 Å². The highest BCUT2D eigenvalue weighted by atomic mass is 15.3. The second-order valence-corrected chi connectivity index (χ2v) is 5.81. The minimum absolute atomic E-state index is 0.586. The monoisotopic (exact) mass is 288 g/mol. The number of hydrogen-bond donors (Lipinski definition) is 2. The van der Waals surface area contributed by atoms with Gasteiger partial charge in [-0.1, -0.05) is 6.92 Å². The molecule has 3 rings (SSSR count). The molecular weight excluding hydrogens is 264 g/mol. The maximum atomic E-state index is 4.44. The number of aromatic amines is 1. The summed E-state index contributed by atoms with van der Waals surface area (Å²) < 4.78 is 1.81. The number of likely N-dealkylation sites (tertiary alicyclic amines) is 1. The van der Waals surface area contributed by atoms with Crippen LogP contribution in [0.4, 0.5) is 0 Å². The Bertz CT molecular complexity index is 572. The number of nitrogens with zero attached hydrogens (tertiary/aromatic N) is 4. The predicted octanol–water partition coefficient (Wildman–Crippen LogP) is 1.38. The standard InChI is InChI=1S/C15H24N6/c1-3-6-21-8-4-13(11-21)16-9-12-10-17-18-15(12)14-5-7-20(2)19-14/h5,7,10,13,16H,3-4,6,8-9,11H2,1-2H3,(H,17,18). The molecule has 6 nitrogen and oxygen atoms in total. The van der Waals surface area contributed by atoms with E-state index in [2.05, 4.69) is 32.4 Å². The average Bonchev–Trinajstić information content (AvgIpc) is 3.17. The summed E-state index contributed by atoms with van der Waals surface area (Å²) in [7, 11) is 1.93. The maximum absolute atomic E-state index is 4.44. The molecule has 1 aliphatic rings. The average molecular weight is 288 g/mol. The predicted molar refractivity (Wildman–Crippen MR) is 82.8 cm³/mol. The fourth-order valence-corrected chi connectivity index (χ4v) is 2.99. The Balaban J connectivity index is 1.58. The van der Waals surface area contributed by atoms with Gasteiger partial charge in [0.25, 0.3) is 0 Å². The van der Waals surface area contributed by atoms with Gasteiger partial charge in [0, 0.05) is 37.9 Å². The Hall–Kier alpha value is -1.66. The first-order valence-corrected chi connectivity index (χ1v) is 7.74. The fraction of sp³-hybridized carbons (Fsp3) is 0.600. The molecule has 0 amide bonds. The van der Waals surface area contributed by atoms with Crippen LogP contribution in [0.5, 0.6) is 0 Å². The molecule has 1 aliphatic heterocycles. The summed E-state index contributed by atoms with van der Waals surface area (Å²) in [4.78, 5) is 2.53. The smallest absolute Gasteiger partial charge is 0.110 e. The Morgan fingerprint density at radius 2 is 2.38 bits per heavy atom. The highest BCUT2D eigenvalue weighted by molar-refractivity contribution is 5.57. The number of hydrogen-bond acceptors (Lipinski definition) is 4. The van der Waals surface area contributed by atoms with Gasteiger partial charge >= 0.3 is 0 Å². The van der Waals surface area contributed by atoms with Crippen LogP contribution < -0.4 is 5.32 Å². The molecule has 0 aromatic carbocycles. The molecule has 1 fully saturated rings. The van der Waals surface area contributed by atoms with Crippen molar-refractivity contribution in [2.75, 3.05) is 19.6 Å². The largest absolute Gasteiger partial charge is 0.308 e. The van der Waals surface area contributed by atoms with Crippen LogP contribution in [0.3, 0.4) is 0 Å². The van der Waals surface area contributed by atoms with E-state index in [1.807, 2.05) is 30.2 Å². The molecule has 6 heteroatoms. The first-order chi connectivity index (χ1) is 10.3. The lowest BCUT2D eigenvalue weighted by atomic mass is 10.2. The van der Waals surface area contributed by atoms with E-state index in [-0.39, 0.29) is 0 Å². The molecule has 3 heterocycles. The summed E-state index contributed by atoms with van der Waals surface area (Å²) in [5.74, 6) is 0. The molecule has 2 N–H and O–H groups in total. The van der Waals surface area contributed by atoms with Gasteiger partial charge in [-0.3, -0.25) is 9.78 Å². The summed E-state index contributed by atoms with van der Waals surface area (Å²) in [6.45, 7) is 6.66. The Kier molecular flexibility index (Phi) is 4.36. The van der Waals surface area contributed by atoms with Gasteiger partial charge in [0.1, 0.15) is 5.69 Å². The second kappa shape index (κ2) is 6.41. The molecule has 1 saturated heterocycles. The Morgan fingerprint density at radius 1 is 1.48 bits per heavy atom. The van der Waals surface area contributed by atoms with Crippen LogP contribution in [0.1, 0.15) is 25.3 Å². The SMILES string of the molecule is CCCN1CCC(NCc2cn[nH]c2-c2ccn(C)n2)C1. The Morgan fingerprint density at radius 3 is 3.14 bits per heavy atom. The number of rotatable bonds is 6. The van der Waals surface area contributed by atoms with E-state index in [0.717, 1.165) is 24.5 Å². The van der Waals surface area contributed by atoms with Crippen LogP contribution in [0.15, 0.2) is 18.5 Å². The Labute approximate surface area is 125 Å². The molecule has 114 valence electrons. The molecule has 2 aromatic rings. The molecule has 1 unspecified atom stereocenters. The van der Waals surface area contributed by atoms with Crippen molar-refractivity contribution in [3.8, 4) is 11.4 Å². The molecule has 0 aliphatic carbocycles. The summed E-state index contributed by atoms with van der Waals surface area (Å²) in [5, 5.41) is 15.3. The summed E-state index contributed by atoms with van der Waals surface area (Å²) in [6.07, 6.45) is 6.32. The minimum atomic E-state index is 0.586. The fourth-order valence-electron chi connectivity index (χ4n) is 2.99. The van der Waals surface area contributed by atoms with Crippen molar-refractivity contribution in [3.63, 3.8) is 0 Å². The summed E-state index contributed by atoms with van der Waals surface area (Å²) in [6, 6.07) is 2.60. The topological polar surface area (TPSA) is 61.8 Å². The van der Waals surface area contributed by atoms with Crippen LogP contribution in [0, 0.1) is 0 Å². The maximum Gasteiger partial charge on any atom is 0.110 e. The lowest BCUT2D eigenvalue weighted by molar-refractivity contribution is 0.328. The number of aromatic nitrogens is 4. The first kappa shape index (κ1) is 14.3. The third-order valence-corrected chi connectivity index (χ3v) is 4.08. The number of aryl methyl sites for hydroxylation is 1. The normalized spacial score (nSPS) is 19.4. The zero-order chi connectivity index (χ0) is 14.7. The van der Waals surface area contributed by atoms with Crippen molar-refractivity contribution in [2.24, 2.45) is 7.05 Å². The highest BCUT2D eigenvalue weighted by Crippen LogP contribution is 2.19. The summed E-state index contributed by atoms with van der Waals surface area (Å²) >= 11 is 0. The lowest BCUT2D eigenvalue weighted by Gasteiger charge is -2.15. The van der Waals surface area contributed by atoms with Gasteiger partial charge in [0.2, 0.25) is 0 Å². The highest BCUT2D eigenvalue weighted by Gasteiger charge is 2.21. The molecule has 1 atom stereocenters. The van der Waals surface area contributed by atoms with Crippen molar-refractivity contribution in [1.29, 1.82) is 0 Å². The van der Waals surface area contributed by atoms with E-state index < -0.39 is 0 Å². The molecule has 2 aromatic heterocycles. The zero-order valence-electron chi connectivity index (χ0n) is 12.8. The van der Waals surface area contributed by atoms with E-state index >= 15 is 0 Å². The first-order valence-electron chi connectivity index (χ1n) is 7.74. The quantitative estimate of drug-likeness (QED) is 0.843. The molecular formula is C15H24N6. The van der Waals surface area contributed by atoms with Crippen molar-refractivity contribution in [2.45, 2.75) is 32.4 Å². The van der Waals surface area contributed by atoms with Crippen LogP contribution in [0.25, 0.3) is 11.4 Å². The second-order valence-electron chi connectivity index (χ2n) is 5.81. The van der Waals surface area contributed by atoms with Gasteiger partial charge < -0.3 is 10.2 Å². The summed E-state index contributed by atoms with van der Waals surface area (Å²) in [5.41, 5.74) is 3.15. The number of nitrogens with one attached hydrogen (secondary N) is 2. The minimum Gasteiger partial charge on any atom is -0.308 e. The van der Waals surface area contributed by atoms with Gasteiger partial charge in [0.05, 0.1) is 11.9 Å². The molecule has 0 spiro atoms. The molecule has 0 saturated carbocycles. The van der Waals surface area contributed by atoms with E-state index in [9.17, 15) is 0 Å². The van der Waals surface area contributed by atoms with E-state index in [4.69, 9.17) is 0 Å². The van der Waals surface area contributed by atoms with Gasteiger partial charge in [0.15, 0.2) is 0 Å². The van der Waals surface area contributed by atoms with E-state index in [1.54, 1.807) is 0 Å². The van der Waals surface area contributed by atoms with Crippen LogP contribution in [-0.4, -0.2) is 50.6 Å². The van der Waals surface area contributed by atoms with Crippen molar-refractivity contribution < 1.29 is 0 Å². The zero-order valence-corrected chi connectivity index (χ0v) is 12.8. The third kappa shape index (κ3) is 3.33. The number of H-pyrrole nitrogens is 1. The van der Waals surface area contributed by atoms with Crippen molar-refractivity contribution in [3.05, 3.63) is 24.0 Å². The molecule has 0 bridgehead atoms. The van der Waals surface area contributed by atoms with Gasteiger partial charge in [-0.15, -0.1) is 0 Å². The van der Waals surface area contributed by atoms with Crippen molar-refractivity contribution in [1.82, 2.24) is 30.2 Å². The lowest BCUT2D eigenvalue weighted by Crippen LogP contribution is -2.32. The van der Waals surface area contributed by atoms with Crippen LogP contribution in [0.2, 0.25) is 0 Å².